The topological polar surface area (TPSA) is 12.0 Å². The first-order valence-corrected chi connectivity index (χ1v) is 8.44. The van der Waals surface area contributed by atoms with Gasteiger partial charge in [-0.05, 0) is 50.0 Å². The summed E-state index contributed by atoms with van der Waals surface area (Å²) >= 11 is 0. The van der Waals surface area contributed by atoms with Gasteiger partial charge in [-0.1, -0.05) is 68.8 Å². The monoisotopic (exact) mass is 297 g/mol. The molecule has 1 aliphatic rings. The minimum atomic E-state index is 0.171. The number of rotatable bonds is 4. The van der Waals surface area contributed by atoms with E-state index >= 15 is 0 Å². The van der Waals surface area contributed by atoms with Gasteiger partial charge in [0.25, 0.3) is 0 Å². The average molecular weight is 297 g/mol. The minimum Gasteiger partial charge on any atom is -0.381 e. The van der Waals surface area contributed by atoms with Crippen LogP contribution in [0.25, 0.3) is 0 Å². The molecule has 0 heterocycles. The molecule has 0 bridgehead atoms. The molecule has 0 amide bonds. The molecule has 1 aliphatic carbocycles. The highest BCUT2D eigenvalue weighted by Gasteiger charge is 2.29. The Morgan fingerprint density at radius 3 is 2.41 bits per heavy atom. The van der Waals surface area contributed by atoms with Crippen molar-refractivity contribution in [3.8, 4) is 0 Å². The molecule has 0 spiro atoms. The Hall–Kier alpha value is -1.50. The third kappa shape index (κ3) is 4.03. The van der Waals surface area contributed by atoms with E-state index in [0.29, 0.717) is 12.0 Å². The summed E-state index contributed by atoms with van der Waals surface area (Å²) in [6.45, 7) is 15.6. The zero-order valence-corrected chi connectivity index (χ0v) is 14.9. The van der Waals surface area contributed by atoms with E-state index in [2.05, 4.69) is 76.8 Å². The van der Waals surface area contributed by atoms with Gasteiger partial charge in [0.2, 0.25) is 0 Å². The first-order chi connectivity index (χ1) is 10.3. The molecular weight excluding hydrogens is 266 g/mol. The molecule has 0 radical (unpaired) electrons. The van der Waals surface area contributed by atoms with Crippen molar-refractivity contribution < 1.29 is 0 Å². The maximum absolute atomic E-state index is 4.17. The van der Waals surface area contributed by atoms with Gasteiger partial charge in [0, 0.05) is 5.70 Å². The zero-order valence-electron chi connectivity index (χ0n) is 14.9. The highest BCUT2D eigenvalue weighted by Crippen LogP contribution is 2.37. The fraction of sp³-hybridized carbons (Fsp3) is 0.524. The van der Waals surface area contributed by atoms with E-state index in [1.807, 2.05) is 0 Å². The second kappa shape index (κ2) is 6.73. The van der Waals surface area contributed by atoms with E-state index in [1.54, 1.807) is 0 Å². The van der Waals surface area contributed by atoms with Gasteiger partial charge in [0.15, 0.2) is 0 Å². The molecule has 2 atom stereocenters. The average Bonchev–Trinajstić information content (AvgIpc) is 2.45. The van der Waals surface area contributed by atoms with Gasteiger partial charge in [-0.25, -0.2) is 0 Å². The minimum absolute atomic E-state index is 0.171. The predicted octanol–water partition coefficient (Wildman–Crippen LogP) is 6.01. The third-order valence-electron chi connectivity index (χ3n) is 4.85. The van der Waals surface area contributed by atoms with E-state index in [-0.39, 0.29) is 5.41 Å². The fourth-order valence-electron chi connectivity index (χ4n) is 3.29. The Labute approximate surface area is 136 Å². The molecular formula is C21H31N. The van der Waals surface area contributed by atoms with Crippen LogP contribution in [0.3, 0.4) is 0 Å². The van der Waals surface area contributed by atoms with E-state index in [9.17, 15) is 0 Å². The molecule has 120 valence electrons. The van der Waals surface area contributed by atoms with Crippen LogP contribution in [0.4, 0.5) is 0 Å². The SMILES string of the molecule is C=C(C)C1CCC(C)=C(NC(c2ccccc2)C(C)(C)C)C1. The second-order valence-electron chi connectivity index (χ2n) is 7.90. The number of benzene rings is 1. The van der Waals surface area contributed by atoms with Crippen LogP contribution in [0.15, 0.2) is 53.8 Å². The largest absolute Gasteiger partial charge is 0.381 e. The molecule has 22 heavy (non-hydrogen) atoms. The van der Waals surface area contributed by atoms with Gasteiger partial charge in [-0.3, -0.25) is 0 Å². The smallest absolute Gasteiger partial charge is 0.0559 e. The summed E-state index contributed by atoms with van der Waals surface area (Å²) in [4.78, 5) is 0. The van der Waals surface area contributed by atoms with Crippen LogP contribution >= 0.6 is 0 Å². The lowest BCUT2D eigenvalue weighted by molar-refractivity contribution is 0.281. The lowest BCUT2D eigenvalue weighted by Gasteiger charge is -2.37. The van der Waals surface area contributed by atoms with Crippen LogP contribution in [0.5, 0.6) is 0 Å². The Morgan fingerprint density at radius 1 is 1.23 bits per heavy atom. The first kappa shape index (κ1) is 16.9. The molecule has 2 rings (SSSR count). The van der Waals surface area contributed by atoms with Crippen LogP contribution < -0.4 is 5.32 Å². The van der Waals surface area contributed by atoms with E-state index in [0.717, 1.165) is 6.42 Å². The van der Waals surface area contributed by atoms with Crippen molar-refractivity contribution in [1.82, 2.24) is 5.32 Å². The van der Waals surface area contributed by atoms with Crippen LogP contribution in [-0.4, -0.2) is 0 Å². The van der Waals surface area contributed by atoms with Crippen LogP contribution in [0.1, 0.15) is 65.5 Å². The van der Waals surface area contributed by atoms with Crippen molar-refractivity contribution in [2.45, 2.75) is 59.9 Å². The molecule has 0 aliphatic heterocycles. The summed E-state index contributed by atoms with van der Waals surface area (Å²) in [5, 5.41) is 3.89. The molecule has 1 heteroatoms. The number of hydrogen-bond donors (Lipinski definition) is 1. The summed E-state index contributed by atoms with van der Waals surface area (Å²) in [6.07, 6.45) is 3.55. The van der Waals surface area contributed by atoms with Gasteiger partial charge < -0.3 is 5.32 Å². The Bertz CT molecular complexity index is 545. The maximum Gasteiger partial charge on any atom is 0.0559 e. The number of nitrogens with one attached hydrogen (secondary N) is 1. The van der Waals surface area contributed by atoms with Gasteiger partial charge >= 0.3 is 0 Å². The highest BCUT2D eigenvalue weighted by molar-refractivity contribution is 5.25. The summed E-state index contributed by atoms with van der Waals surface area (Å²) in [7, 11) is 0. The Morgan fingerprint density at radius 2 is 1.86 bits per heavy atom. The van der Waals surface area contributed by atoms with Crippen LogP contribution in [-0.2, 0) is 0 Å². The van der Waals surface area contributed by atoms with Crippen molar-refractivity contribution in [1.29, 1.82) is 0 Å². The van der Waals surface area contributed by atoms with Gasteiger partial charge in [-0.2, -0.15) is 0 Å². The molecule has 0 aromatic heterocycles. The lowest BCUT2D eigenvalue weighted by Crippen LogP contribution is -2.34. The molecule has 1 aromatic carbocycles. The highest BCUT2D eigenvalue weighted by atomic mass is 14.9. The molecule has 0 saturated heterocycles. The normalized spacial score (nSPS) is 20.7. The first-order valence-electron chi connectivity index (χ1n) is 8.44. The maximum atomic E-state index is 4.17. The standard InChI is InChI=1S/C21H31N/c1-15(2)18-13-12-16(3)19(14-18)22-20(21(4,5)6)17-10-8-7-9-11-17/h7-11,18,20,22H,1,12-14H2,2-6H3. The number of allylic oxidation sites excluding steroid dienone is 3. The number of hydrogen-bond acceptors (Lipinski definition) is 1. The molecule has 1 nitrogen and oxygen atoms in total. The van der Waals surface area contributed by atoms with Crippen molar-refractivity contribution in [2.75, 3.05) is 0 Å². The van der Waals surface area contributed by atoms with Gasteiger partial charge in [0.05, 0.1) is 6.04 Å². The summed E-state index contributed by atoms with van der Waals surface area (Å²) in [5.41, 5.74) is 5.81. The molecule has 0 saturated carbocycles. The van der Waals surface area contributed by atoms with Gasteiger partial charge in [0.1, 0.15) is 0 Å². The summed E-state index contributed by atoms with van der Waals surface area (Å²) in [6, 6.07) is 11.2. The summed E-state index contributed by atoms with van der Waals surface area (Å²) < 4.78 is 0. The third-order valence-corrected chi connectivity index (χ3v) is 4.85. The lowest BCUT2D eigenvalue weighted by atomic mass is 9.80. The van der Waals surface area contributed by atoms with Crippen molar-refractivity contribution >= 4 is 0 Å². The second-order valence-corrected chi connectivity index (χ2v) is 7.90. The quantitative estimate of drug-likeness (QED) is 0.671. The summed E-state index contributed by atoms with van der Waals surface area (Å²) in [5.74, 6) is 0.627. The molecule has 1 aromatic rings. The van der Waals surface area contributed by atoms with Crippen molar-refractivity contribution in [3.63, 3.8) is 0 Å². The van der Waals surface area contributed by atoms with E-state index in [1.165, 1.54) is 35.2 Å². The molecule has 0 fully saturated rings. The van der Waals surface area contributed by atoms with Crippen molar-refractivity contribution in [3.05, 3.63) is 59.3 Å². The predicted molar refractivity (Wildman–Crippen MR) is 96.6 cm³/mol. The van der Waals surface area contributed by atoms with E-state index in [4.69, 9.17) is 0 Å². The molecule has 2 unspecified atom stereocenters. The van der Waals surface area contributed by atoms with E-state index < -0.39 is 0 Å². The van der Waals surface area contributed by atoms with Crippen LogP contribution in [0, 0.1) is 11.3 Å². The van der Waals surface area contributed by atoms with Crippen molar-refractivity contribution in [2.24, 2.45) is 11.3 Å². The fourth-order valence-corrected chi connectivity index (χ4v) is 3.29. The zero-order chi connectivity index (χ0) is 16.3. The molecule has 1 N–H and O–H groups in total. The Kier molecular flexibility index (Phi) is 5.16. The van der Waals surface area contributed by atoms with Crippen LogP contribution in [0.2, 0.25) is 0 Å². The Balaban J connectivity index is 2.26. The van der Waals surface area contributed by atoms with Gasteiger partial charge in [-0.15, -0.1) is 0 Å².